The van der Waals surface area contributed by atoms with E-state index >= 15 is 0 Å². The third kappa shape index (κ3) is 4.22. The van der Waals surface area contributed by atoms with Gasteiger partial charge in [0.05, 0.1) is 7.11 Å². The average Bonchev–Trinajstić information content (AvgIpc) is 2.47. The third-order valence-corrected chi connectivity index (χ3v) is 3.97. The highest BCUT2D eigenvalue weighted by atomic mass is 16.5. The van der Waals surface area contributed by atoms with Crippen LogP contribution >= 0.6 is 0 Å². The van der Waals surface area contributed by atoms with E-state index in [2.05, 4.69) is 29.3 Å². The highest BCUT2D eigenvalue weighted by Gasteiger charge is 2.18. The lowest BCUT2D eigenvalue weighted by molar-refractivity contribution is 0.200. The summed E-state index contributed by atoms with van der Waals surface area (Å²) in [5, 5.41) is 3.55. The molecule has 0 bridgehead atoms. The van der Waals surface area contributed by atoms with Crippen LogP contribution in [0.1, 0.15) is 25.3 Å². The van der Waals surface area contributed by atoms with Gasteiger partial charge < -0.3 is 15.0 Å². The first kappa shape index (κ1) is 14.4. The van der Waals surface area contributed by atoms with Gasteiger partial charge in [0.25, 0.3) is 0 Å². The van der Waals surface area contributed by atoms with Crippen LogP contribution in [0.15, 0.2) is 24.3 Å². The number of hydrogen-bond acceptors (Lipinski definition) is 3. The summed E-state index contributed by atoms with van der Waals surface area (Å²) in [6.07, 6.45) is 3.63. The van der Waals surface area contributed by atoms with E-state index in [-0.39, 0.29) is 0 Å². The minimum Gasteiger partial charge on any atom is -0.496 e. The van der Waals surface area contributed by atoms with Gasteiger partial charge in [0.2, 0.25) is 0 Å². The number of methoxy groups -OCH3 is 1. The van der Waals surface area contributed by atoms with E-state index in [1.54, 1.807) is 7.11 Å². The first-order chi connectivity index (χ1) is 9.33. The van der Waals surface area contributed by atoms with Gasteiger partial charge in [-0.2, -0.15) is 0 Å². The standard InChI is InChI=1S/C16H26N2O/c1-3-17-15-9-12-18(13-10-15)11-8-14-6-4-5-7-16(14)19-2/h4-7,15,17H,3,8-13H2,1-2H3. The molecule has 2 rings (SSSR count). The molecule has 19 heavy (non-hydrogen) atoms. The molecule has 1 N–H and O–H groups in total. The number of nitrogens with one attached hydrogen (secondary N) is 1. The molecule has 1 aliphatic heterocycles. The molecule has 3 heteroatoms. The molecule has 1 aromatic rings. The Morgan fingerprint density at radius 3 is 2.68 bits per heavy atom. The molecule has 0 unspecified atom stereocenters. The van der Waals surface area contributed by atoms with Gasteiger partial charge in [0.1, 0.15) is 5.75 Å². The molecule has 1 heterocycles. The Morgan fingerprint density at radius 1 is 1.26 bits per heavy atom. The summed E-state index contributed by atoms with van der Waals surface area (Å²) < 4.78 is 5.41. The zero-order valence-corrected chi connectivity index (χ0v) is 12.2. The van der Waals surface area contributed by atoms with E-state index in [1.807, 2.05) is 12.1 Å². The molecular formula is C16H26N2O. The number of para-hydroxylation sites is 1. The van der Waals surface area contributed by atoms with E-state index < -0.39 is 0 Å². The van der Waals surface area contributed by atoms with Crippen molar-refractivity contribution in [1.82, 2.24) is 10.2 Å². The van der Waals surface area contributed by atoms with Gasteiger partial charge in [0, 0.05) is 12.6 Å². The molecule has 0 spiro atoms. The van der Waals surface area contributed by atoms with Gasteiger partial charge in [-0.25, -0.2) is 0 Å². The van der Waals surface area contributed by atoms with Crippen molar-refractivity contribution in [2.45, 2.75) is 32.2 Å². The van der Waals surface area contributed by atoms with Crippen molar-refractivity contribution in [3.8, 4) is 5.75 Å². The molecule has 0 saturated carbocycles. The van der Waals surface area contributed by atoms with Crippen molar-refractivity contribution in [3.63, 3.8) is 0 Å². The first-order valence-electron chi connectivity index (χ1n) is 7.41. The number of ether oxygens (including phenoxy) is 1. The second kappa shape index (κ2) is 7.51. The monoisotopic (exact) mass is 262 g/mol. The number of benzene rings is 1. The summed E-state index contributed by atoms with van der Waals surface area (Å²) >= 11 is 0. The minimum atomic E-state index is 0.729. The smallest absolute Gasteiger partial charge is 0.122 e. The Balaban J connectivity index is 1.77. The lowest BCUT2D eigenvalue weighted by Gasteiger charge is -2.32. The number of hydrogen-bond donors (Lipinski definition) is 1. The highest BCUT2D eigenvalue weighted by molar-refractivity contribution is 5.33. The lowest BCUT2D eigenvalue weighted by atomic mass is 10.0. The Hall–Kier alpha value is -1.06. The van der Waals surface area contributed by atoms with Crippen LogP contribution in [0.5, 0.6) is 5.75 Å². The number of nitrogens with zero attached hydrogens (tertiary/aromatic N) is 1. The summed E-state index contributed by atoms with van der Waals surface area (Å²) in [7, 11) is 1.75. The Bertz CT molecular complexity index is 373. The molecule has 1 aliphatic rings. The second-order valence-corrected chi connectivity index (χ2v) is 5.24. The summed E-state index contributed by atoms with van der Waals surface area (Å²) in [6.45, 7) is 6.85. The highest BCUT2D eigenvalue weighted by Crippen LogP contribution is 2.19. The van der Waals surface area contributed by atoms with Crippen LogP contribution in [0.3, 0.4) is 0 Å². The maximum Gasteiger partial charge on any atom is 0.122 e. The van der Waals surface area contributed by atoms with Gasteiger partial charge in [0.15, 0.2) is 0 Å². The molecule has 106 valence electrons. The summed E-state index contributed by atoms with van der Waals surface area (Å²) in [5.41, 5.74) is 1.32. The van der Waals surface area contributed by atoms with Crippen molar-refractivity contribution < 1.29 is 4.74 Å². The molecule has 1 aromatic carbocycles. The molecule has 3 nitrogen and oxygen atoms in total. The van der Waals surface area contributed by atoms with Crippen LogP contribution in [0, 0.1) is 0 Å². The molecule has 1 fully saturated rings. The van der Waals surface area contributed by atoms with E-state index in [0.29, 0.717) is 0 Å². The maximum absolute atomic E-state index is 5.41. The van der Waals surface area contributed by atoms with Crippen LogP contribution in [0.4, 0.5) is 0 Å². The molecular weight excluding hydrogens is 236 g/mol. The van der Waals surface area contributed by atoms with E-state index in [9.17, 15) is 0 Å². The van der Waals surface area contributed by atoms with Gasteiger partial charge in [-0.05, 0) is 50.5 Å². The Kier molecular flexibility index (Phi) is 5.67. The maximum atomic E-state index is 5.41. The van der Waals surface area contributed by atoms with Crippen LogP contribution in [0.25, 0.3) is 0 Å². The summed E-state index contributed by atoms with van der Waals surface area (Å²) in [4.78, 5) is 2.57. The summed E-state index contributed by atoms with van der Waals surface area (Å²) in [5.74, 6) is 1.02. The molecule has 1 saturated heterocycles. The Labute approximate surface area is 116 Å². The number of likely N-dealkylation sites (tertiary alicyclic amines) is 1. The topological polar surface area (TPSA) is 24.5 Å². The third-order valence-electron chi connectivity index (χ3n) is 3.97. The quantitative estimate of drug-likeness (QED) is 0.851. The van der Waals surface area contributed by atoms with Crippen LogP contribution in [-0.2, 0) is 6.42 Å². The predicted molar refractivity (Wildman–Crippen MR) is 79.8 cm³/mol. The molecule has 0 aliphatic carbocycles. The summed E-state index contributed by atoms with van der Waals surface area (Å²) in [6, 6.07) is 9.07. The van der Waals surface area contributed by atoms with E-state index in [4.69, 9.17) is 4.74 Å². The predicted octanol–water partition coefficient (Wildman–Crippen LogP) is 2.31. The van der Waals surface area contributed by atoms with E-state index in [0.717, 1.165) is 31.3 Å². The van der Waals surface area contributed by atoms with Crippen molar-refractivity contribution in [1.29, 1.82) is 0 Å². The van der Waals surface area contributed by atoms with Crippen LogP contribution in [-0.4, -0.2) is 44.2 Å². The molecule has 0 amide bonds. The normalized spacial score (nSPS) is 17.6. The van der Waals surface area contributed by atoms with Gasteiger partial charge in [-0.3, -0.25) is 0 Å². The van der Waals surface area contributed by atoms with Crippen molar-refractivity contribution in [2.75, 3.05) is 33.3 Å². The number of rotatable bonds is 6. The fourth-order valence-electron chi connectivity index (χ4n) is 2.84. The second-order valence-electron chi connectivity index (χ2n) is 5.24. The molecule has 0 radical (unpaired) electrons. The zero-order valence-electron chi connectivity index (χ0n) is 12.2. The van der Waals surface area contributed by atoms with Crippen molar-refractivity contribution in [2.24, 2.45) is 0 Å². The number of piperidine rings is 1. The van der Waals surface area contributed by atoms with Gasteiger partial charge >= 0.3 is 0 Å². The fourth-order valence-corrected chi connectivity index (χ4v) is 2.84. The zero-order chi connectivity index (χ0) is 13.5. The van der Waals surface area contributed by atoms with Crippen LogP contribution < -0.4 is 10.1 Å². The van der Waals surface area contributed by atoms with Crippen LogP contribution in [0.2, 0.25) is 0 Å². The van der Waals surface area contributed by atoms with Crippen molar-refractivity contribution >= 4 is 0 Å². The average molecular weight is 262 g/mol. The Morgan fingerprint density at radius 2 is 2.00 bits per heavy atom. The minimum absolute atomic E-state index is 0.729. The SMILES string of the molecule is CCNC1CCN(CCc2ccccc2OC)CC1. The van der Waals surface area contributed by atoms with Gasteiger partial charge in [-0.1, -0.05) is 25.1 Å². The van der Waals surface area contributed by atoms with Crippen molar-refractivity contribution in [3.05, 3.63) is 29.8 Å². The fraction of sp³-hybridized carbons (Fsp3) is 0.625. The largest absolute Gasteiger partial charge is 0.496 e. The lowest BCUT2D eigenvalue weighted by Crippen LogP contribution is -2.43. The molecule has 0 atom stereocenters. The van der Waals surface area contributed by atoms with E-state index in [1.165, 1.54) is 31.5 Å². The molecule has 0 aromatic heterocycles. The van der Waals surface area contributed by atoms with Gasteiger partial charge in [-0.15, -0.1) is 0 Å². The first-order valence-corrected chi connectivity index (χ1v) is 7.41.